The number of likely N-dealkylation sites (tertiary alicyclic amines) is 1. The minimum atomic E-state index is -0.237. The first-order valence-electron chi connectivity index (χ1n) is 8.84. The van der Waals surface area contributed by atoms with Gasteiger partial charge in [-0.3, -0.25) is 9.59 Å². The number of nitrogens with zero attached hydrogens (tertiary/aromatic N) is 2. The Morgan fingerprint density at radius 1 is 1.13 bits per heavy atom. The maximum atomic E-state index is 12.3. The standard InChI is InChI=1S/C18H32N2O3/c1-4-23-18(22)9-14-20(17(21)15-16(2)3)13-8-7-12-19-10-5-6-11-19/h15H,4-14H2,1-3H3. The zero-order valence-electron chi connectivity index (χ0n) is 15.0. The van der Waals surface area contributed by atoms with E-state index in [9.17, 15) is 9.59 Å². The molecule has 1 aliphatic heterocycles. The molecule has 1 amide bonds. The van der Waals surface area contributed by atoms with Crippen LogP contribution < -0.4 is 0 Å². The lowest BCUT2D eigenvalue weighted by molar-refractivity contribution is -0.143. The van der Waals surface area contributed by atoms with Crippen LogP contribution in [-0.2, 0) is 14.3 Å². The van der Waals surface area contributed by atoms with Crippen LogP contribution >= 0.6 is 0 Å². The van der Waals surface area contributed by atoms with Gasteiger partial charge in [0.2, 0.25) is 5.91 Å². The zero-order chi connectivity index (χ0) is 17.1. The molecule has 0 unspecified atom stereocenters. The van der Waals surface area contributed by atoms with Crippen molar-refractivity contribution in [2.75, 3.05) is 39.3 Å². The highest BCUT2D eigenvalue weighted by atomic mass is 16.5. The van der Waals surface area contributed by atoms with Crippen molar-refractivity contribution in [1.82, 2.24) is 9.80 Å². The molecule has 23 heavy (non-hydrogen) atoms. The third-order valence-electron chi connectivity index (χ3n) is 3.97. The molecule has 0 saturated carbocycles. The minimum Gasteiger partial charge on any atom is -0.466 e. The largest absolute Gasteiger partial charge is 0.466 e. The Bertz CT molecular complexity index is 397. The molecule has 1 rings (SSSR count). The number of amides is 1. The van der Waals surface area contributed by atoms with Gasteiger partial charge in [0.15, 0.2) is 0 Å². The summed E-state index contributed by atoms with van der Waals surface area (Å²) in [5.41, 5.74) is 0.980. The molecule has 0 aromatic heterocycles. The van der Waals surface area contributed by atoms with Crippen LogP contribution in [0.4, 0.5) is 0 Å². The Morgan fingerprint density at radius 3 is 2.43 bits per heavy atom. The predicted molar refractivity (Wildman–Crippen MR) is 92.2 cm³/mol. The van der Waals surface area contributed by atoms with E-state index in [4.69, 9.17) is 4.74 Å². The number of unbranched alkanes of at least 4 members (excludes halogenated alkanes) is 1. The summed E-state index contributed by atoms with van der Waals surface area (Å²) in [5, 5.41) is 0. The molecule has 132 valence electrons. The summed E-state index contributed by atoms with van der Waals surface area (Å²) in [6, 6.07) is 0. The molecular formula is C18H32N2O3. The molecule has 1 aliphatic rings. The Hall–Kier alpha value is -1.36. The number of carbonyl (C=O) groups is 2. The summed E-state index contributed by atoms with van der Waals surface area (Å²) in [6.07, 6.45) is 6.60. The molecule has 0 spiro atoms. The normalized spacial score (nSPS) is 14.6. The van der Waals surface area contributed by atoms with Crippen LogP contribution in [0, 0.1) is 0 Å². The fraction of sp³-hybridized carbons (Fsp3) is 0.778. The molecule has 0 bridgehead atoms. The van der Waals surface area contributed by atoms with E-state index < -0.39 is 0 Å². The molecule has 0 N–H and O–H groups in total. The second kappa shape index (κ2) is 11.2. The molecule has 1 heterocycles. The summed E-state index contributed by atoms with van der Waals surface area (Å²) in [4.78, 5) is 28.0. The summed E-state index contributed by atoms with van der Waals surface area (Å²) >= 11 is 0. The van der Waals surface area contributed by atoms with Gasteiger partial charge in [-0.25, -0.2) is 0 Å². The summed E-state index contributed by atoms with van der Waals surface area (Å²) in [6.45, 7) is 10.7. The van der Waals surface area contributed by atoms with E-state index in [1.165, 1.54) is 25.9 Å². The number of esters is 1. The topological polar surface area (TPSA) is 49.9 Å². The number of carbonyl (C=O) groups excluding carboxylic acids is 2. The number of ether oxygens (including phenoxy) is 1. The van der Waals surface area contributed by atoms with E-state index in [2.05, 4.69) is 4.90 Å². The van der Waals surface area contributed by atoms with Gasteiger partial charge in [-0.2, -0.15) is 0 Å². The van der Waals surface area contributed by atoms with E-state index in [-0.39, 0.29) is 18.3 Å². The van der Waals surface area contributed by atoms with Gasteiger partial charge in [-0.1, -0.05) is 5.57 Å². The number of hydrogen-bond acceptors (Lipinski definition) is 4. The predicted octanol–water partition coefficient (Wildman–Crippen LogP) is 2.61. The fourth-order valence-electron chi connectivity index (χ4n) is 2.77. The average molecular weight is 324 g/mol. The number of allylic oxidation sites excluding steroid dienone is 1. The highest BCUT2D eigenvalue weighted by molar-refractivity contribution is 5.88. The minimum absolute atomic E-state index is 0.00419. The Labute approximate surface area is 140 Å². The Morgan fingerprint density at radius 2 is 1.83 bits per heavy atom. The SMILES string of the molecule is CCOC(=O)CCN(CCCCN1CCCC1)C(=O)C=C(C)C. The van der Waals surface area contributed by atoms with Crippen LogP contribution in [0.5, 0.6) is 0 Å². The van der Waals surface area contributed by atoms with Gasteiger partial charge < -0.3 is 14.5 Å². The second-order valence-electron chi connectivity index (χ2n) is 6.36. The van der Waals surface area contributed by atoms with E-state index in [1.54, 1.807) is 17.9 Å². The van der Waals surface area contributed by atoms with E-state index >= 15 is 0 Å². The lowest BCUT2D eigenvalue weighted by Crippen LogP contribution is -2.33. The smallest absolute Gasteiger partial charge is 0.307 e. The van der Waals surface area contributed by atoms with Crippen LogP contribution in [0.3, 0.4) is 0 Å². The van der Waals surface area contributed by atoms with Crippen molar-refractivity contribution < 1.29 is 14.3 Å². The van der Waals surface area contributed by atoms with Crippen molar-refractivity contribution in [2.24, 2.45) is 0 Å². The maximum absolute atomic E-state index is 12.3. The Kier molecular flexibility index (Phi) is 9.60. The first kappa shape index (κ1) is 19.7. The van der Waals surface area contributed by atoms with Crippen LogP contribution in [0.15, 0.2) is 11.6 Å². The first-order valence-corrected chi connectivity index (χ1v) is 8.84. The Balaban J connectivity index is 2.37. The molecular weight excluding hydrogens is 292 g/mol. The summed E-state index contributed by atoms with van der Waals surface area (Å²) in [7, 11) is 0. The number of rotatable bonds is 10. The van der Waals surface area contributed by atoms with Gasteiger partial charge in [-0.05, 0) is 66.1 Å². The van der Waals surface area contributed by atoms with Crippen molar-refractivity contribution in [3.05, 3.63) is 11.6 Å². The summed E-state index contributed by atoms with van der Waals surface area (Å²) < 4.78 is 4.95. The molecule has 0 aromatic rings. The third-order valence-corrected chi connectivity index (χ3v) is 3.97. The van der Waals surface area contributed by atoms with Gasteiger partial charge in [0.05, 0.1) is 13.0 Å². The molecule has 5 nitrogen and oxygen atoms in total. The number of hydrogen-bond donors (Lipinski definition) is 0. The van der Waals surface area contributed by atoms with Gasteiger partial charge in [0, 0.05) is 19.2 Å². The van der Waals surface area contributed by atoms with Crippen molar-refractivity contribution >= 4 is 11.9 Å². The molecule has 0 aromatic carbocycles. The van der Waals surface area contributed by atoms with E-state index in [1.807, 2.05) is 13.8 Å². The molecule has 0 aliphatic carbocycles. The first-order chi connectivity index (χ1) is 11.0. The van der Waals surface area contributed by atoms with E-state index in [0.29, 0.717) is 19.7 Å². The van der Waals surface area contributed by atoms with Crippen LogP contribution in [0.25, 0.3) is 0 Å². The fourth-order valence-corrected chi connectivity index (χ4v) is 2.77. The van der Waals surface area contributed by atoms with Crippen molar-refractivity contribution in [3.63, 3.8) is 0 Å². The third kappa shape index (κ3) is 8.74. The highest BCUT2D eigenvalue weighted by Gasteiger charge is 2.14. The monoisotopic (exact) mass is 324 g/mol. The molecule has 0 radical (unpaired) electrons. The highest BCUT2D eigenvalue weighted by Crippen LogP contribution is 2.09. The molecule has 0 atom stereocenters. The van der Waals surface area contributed by atoms with Crippen molar-refractivity contribution in [1.29, 1.82) is 0 Å². The average Bonchev–Trinajstić information content (AvgIpc) is 2.99. The second-order valence-corrected chi connectivity index (χ2v) is 6.36. The van der Waals surface area contributed by atoms with Gasteiger partial charge in [0.1, 0.15) is 0 Å². The molecule has 1 saturated heterocycles. The van der Waals surface area contributed by atoms with Gasteiger partial charge >= 0.3 is 5.97 Å². The quantitative estimate of drug-likeness (QED) is 0.352. The van der Waals surface area contributed by atoms with Gasteiger partial charge in [-0.15, -0.1) is 0 Å². The van der Waals surface area contributed by atoms with E-state index in [0.717, 1.165) is 25.0 Å². The van der Waals surface area contributed by atoms with Crippen molar-refractivity contribution in [3.8, 4) is 0 Å². The van der Waals surface area contributed by atoms with Gasteiger partial charge in [0.25, 0.3) is 0 Å². The maximum Gasteiger partial charge on any atom is 0.307 e. The molecule has 1 fully saturated rings. The van der Waals surface area contributed by atoms with Crippen LogP contribution in [0.2, 0.25) is 0 Å². The molecule has 5 heteroatoms. The van der Waals surface area contributed by atoms with Crippen LogP contribution in [-0.4, -0.2) is 61.0 Å². The van der Waals surface area contributed by atoms with Crippen molar-refractivity contribution in [2.45, 2.75) is 52.9 Å². The summed E-state index contributed by atoms with van der Waals surface area (Å²) in [5.74, 6) is -0.241. The lowest BCUT2D eigenvalue weighted by Gasteiger charge is -2.22. The lowest BCUT2D eigenvalue weighted by atomic mass is 10.2. The zero-order valence-corrected chi connectivity index (χ0v) is 15.0. The van der Waals surface area contributed by atoms with Crippen LogP contribution in [0.1, 0.15) is 52.9 Å².